The number of benzene rings is 3. The molecule has 2 heterocycles. The van der Waals surface area contributed by atoms with Crippen molar-refractivity contribution < 1.29 is 19.8 Å². The van der Waals surface area contributed by atoms with Crippen molar-refractivity contribution in [1.29, 1.82) is 0 Å². The summed E-state index contributed by atoms with van der Waals surface area (Å²) in [4.78, 5) is 28.0. The lowest BCUT2D eigenvalue weighted by molar-refractivity contribution is -0.122. The third-order valence-electron chi connectivity index (χ3n) is 6.94. The molecule has 188 valence electrons. The molecule has 0 saturated carbocycles. The monoisotopic (exact) mass is 496 g/mol. The SMILES string of the molecule is CCC1=NN(c2ccccc2)C(=O)C1C(c1ccc(O)cc1O)C1C(=O)N(c2ccccc2)N=C1CC. The summed E-state index contributed by atoms with van der Waals surface area (Å²) >= 11 is 0. The van der Waals surface area contributed by atoms with Crippen LogP contribution in [0.5, 0.6) is 11.5 Å². The fourth-order valence-electron chi connectivity index (χ4n) is 5.21. The number of hydrogen-bond donors (Lipinski definition) is 2. The van der Waals surface area contributed by atoms with E-state index >= 15 is 0 Å². The van der Waals surface area contributed by atoms with Crippen LogP contribution in [0.3, 0.4) is 0 Å². The molecule has 0 saturated heterocycles. The van der Waals surface area contributed by atoms with Gasteiger partial charge in [-0.05, 0) is 48.7 Å². The lowest BCUT2D eigenvalue weighted by Crippen LogP contribution is -2.40. The van der Waals surface area contributed by atoms with Gasteiger partial charge in [-0.3, -0.25) is 9.59 Å². The van der Waals surface area contributed by atoms with Crippen LogP contribution in [-0.4, -0.2) is 33.5 Å². The van der Waals surface area contributed by atoms with Crippen LogP contribution in [0.25, 0.3) is 0 Å². The van der Waals surface area contributed by atoms with Crippen LogP contribution in [0.1, 0.15) is 38.2 Å². The maximum absolute atomic E-state index is 14.0. The number of amides is 2. The first-order valence-electron chi connectivity index (χ1n) is 12.4. The Balaban J connectivity index is 1.65. The van der Waals surface area contributed by atoms with Crippen LogP contribution in [0.15, 0.2) is 89.1 Å². The van der Waals surface area contributed by atoms with Crippen molar-refractivity contribution in [3.63, 3.8) is 0 Å². The molecule has 2 unspecified atom stereocenters. The molecule has 2 amide bonds. The molecule has 8 nitrogen and oxygen atoms in total. The van der Waals surface area contributed by atoms with Gasteiger partial charge in [0.05, 0.1) is 34.6 Å². The number of rotatable bonds is 7. The summed E-state index contributed by atoms with van der Waals surface area (Å²) < 4.78 is 0. The minimum absolute atomic E-state index is 0.110. The molecule has 2 aliphatic heterocycles. The zero-order valence-corrected chi connectivity index (χ0v) is 20.7. The van der Waals surface area contributed by atoms with Gasteiger partial charge in [0.1, 0.15) is 11.5 Å². The summed E-state index contributed by atoms with van der Waals surface area (Å²) in [5, 5.41) is 33.0. The molecular formula is C29H28N4O4. The van der Waals surface area contributed by atoms with E-state index in [0.29, 0.717) is 41.2 Å². The first kappa shape index (κ1) is 24.2. The fraction of sp³-hybridized carbons (Fsp3) is 0.241. The number of anilines is 2. The van der Waals surface area contributed by atoms with Crippen molar-refractivity contribution >= 4 is 34.6 Å². The van der Waals surface area contributed by atoms with E-state index in [1.165, 1.54) is 22.2 Å². The van der Waals surface area contributed by atoms with E-state index in [1.54, 1.807) is 30.3 Å². The second kappa shape index (κ2) is 9.89. The van der Waals surface area contributed by atoms with Gasteiger partial charge in [-0.15, -0.1) is 0 Å². The Morgan fingerprint density at radius 2 is 1.19 bits per heavy atom. The van der Waals surface area contributed by atoms with E-state index in [1.807, 2.05) is 50.2 Å². The van der Waals surface area contributed by atoms with Gasteiger partial charge in [0.2, 0.25) is 0 Å². The minimum atomic E-state index is -0.804. The van der Waals surface area contributed by atoms with Crippen LogP contribution in [-0.2, 0) is 9.59 Å². The van der Waals surface area contributed by atoms with E-state index in [9.17, 15) is 19.8 Å². The Morgan fingerprint density at radius 3 is 1.59 bits per heavy atom. The Morgan fingerprint density at radius 1 is 0.730 bits per heavy atom. The number of nitrogens with zero attached hydrogens (tertiary/aromatic N) is 4. The molecule has 5 rings (SSSR count). The van der Waals surface area contributed by atoms with E-state index in [-0.39, 0.29) is 23.3 Å². The van der Waals surface area contributed by atoms with Crippen molar-refractivity contribution in [2.45, 2.75) is 32.6 Å². The molecule has 2 atom stereocenters. The van der Waals surface area contributed by atoms with Crippen LogP contribution in [0.4, 0.5) is 11.4 Å². The number of hydrazone groups is 2. The molecule has 0 radical (unpaired) electrons. The standard InChI is InChI=1S/C29H28N4O4/c1-3-22-26(28(36)32(30-22)18-11-7-5-8-12-18)25(21-16-15-20(34)17-24(21)35)27-23(4-2)31-33(29(27)37)19-13-9-6-10-14-19/h5-17,25-27,34-35H,3-4H2,1-2H3. The highest BCUT2D eigenvalue weighted by Gasteiger charge is 2.51. The van der Waals surface area contributed by atoms with Gasteiger partial charge in [0.15, 0.2) is 0 Å². The van der Waals surface area contributed by atoms with Gasteiger partial charge >= 0.3 is 0 Å². The number of carbonyl (C=O) groups excluding carboxylic acids is 2. The van der Waals surface area contributed by atoms with Crippen molar-refractivity contribution in [3.05, 3.63) is 84.4 Å². The zero-order valence-electron chi connectivity index (χ0n) is 20.7. The summed E-state index contributed by atoms with van der Waals surface area (Å²) in [7, 11) is 0. The van der Waals surface area contributed by atoms with Crippen molar-refractivity contribution in [2.24, 2.45) is 22.0 Å². The third-order valence-corrected chi connectivity index (χ3v) is 6.94. The number of carbonyl (C=O) groups is 2. The first-order valence-corrected chi connectivity index (χ1v) is 12.4. The summed E-state index contributed by atoms with van der Waals surface area (Å²) in [5.41, 5.74) is 2.88. The van der Waals surface area contributed by atoms with Gasteiger partial charge in [-0.25, -0.2) is 10.0 Å². The summed E-state index contributed by atoms with van der Waals surface area (Å²) in [6, 6.07) is 22.6. The van der Waals surface area contributed by atoms with E-state index < -0.39 is 17.8 Å². The smallest absolute Gasteiger partial charge is 0.256 e. The lowest BCUT2D eigenvalue weighted by atomic mass is 9.71. The van der Waals surface area contributed by atoms with Gasteiger partial charge in [-0.2, -0.15) is 10.2 Å². The molecule has 0 fully saturated rings. The zero-order chi connectivity index (χ0) is 26.1. The van der Waals surface area contributed by atoms with Crippen molar-refractivity contribution in [3.8, 4) is 11.5 Å². The Hall–Kier alpha value is -4.46. The minimum Gasteiger partial charge on any atom is -0.508 e. The third kappa shape index (κ3) is 4.24. The second-order valence-corrected chi connectivity index (χ2v) is 9.09. The number of phenols is 2. The lowest BCUT2D eigenvalue weighted by Gasteiger charge is -2.30. The molecule has 0 aliphatic carbocycles. The maximum atomic E-state index is 14.0. The molecule has 0 bridgehead atoms. The number of phenolic OH excluding ortho intramolecular Hbond substituents is 2. The predicted octanol–water partition coefficient (Wildman–Crippen LogP) is 5.04. The molecular weight excluding hydrogens is 468 g/mol. The summed E-state index contributed by atoms with van der Waals surface area (Å²) in [5.74, 6) is -3.23. The van der Waals surface area contributed by atoms with Crippen LogP contribution < -0.4 is 10.0 Å². The summed E-state index contributed by atoms with van der Waals surface area (Å²) in [6.45, 7) is 3.84. The second-order valence-electron chi connectivity index (χ2n) is 9.09. The highest BCUT2D eigenvalue weighted by atomic mass is 16.3. The highest BCUT2D eigenvalue weighted by molar-refractivity contribution is 6.20. The number of para-hydroxylation sites is 2. The van der Waals surface area contributed by atoms with Gasteiger partial charge in [0.25, 0.3) is 11.8 Å². The molecule has 3 aromatic rings. The average Bonchev–Trinajstić information content (AvgIpc) is 3.43. The van der Waals surface area contributed by atoms with Crippen molar-refractivity contribution in [2.75, 3.05) is 10.0 Å². The molecule has 8 heteroatoms. The number of aromatic hydroxyl groups is 2. The van der Waals surface area contributed by atoms with Gasteiger partial charge in [-0.1, -0.05) is 56.3 Å². The molecule has 2 aliphatic rings. The van der Waals surface area contributed by atoms with E-state index in [0.717, 1.165) is 0 Å². The molecule has 0 spiro atoms. The maximum Gasteiger partial charge on any atom is 0.256 e. The van der Waals surface area contributed by atoms with Crippen molar-refractivity contribution in [1.82, 2.24) is 0 Å². The Bertz CT molecular complexity index is 1310. The highest BCUT2D eigenvalue weighted by Crippen LogP contribution is 2.46. The Labute approximate surface area is 215 Å². The fourth-order valence-corrected chi connectivity index (χ4v) is 5.21. The molecule has 37 heavy (non-hydrogen) atoms. The van der Waals surface area contributed by atoms with Gasteiger partial charge in [0, 0.05) is 12.0 Å². The quantitative estimate of drug-likeness (QED) is 0.478. The van der Waals surface area contributed by atoms with E-state index in [2.05, 4.69) is 10.2 Å². The van der Waals surface area contributed by atoms with Gasteiger partial charge < -0.3 is 10.2 Å². The largest absolute Gasteiger partial charge is 0.508 e. The summed E-state index contributed by atoms with van der Waals surface area (Å²) in [6.07, 6.45) is 0.966. The van der Waals surface area contributed by atoms with Crippen LogP contribution in [0.2, 0.25) is 0 Å². The van der Waals surface area contributed by atoms with E-state index in [4.69, 9.17) is 0 Å². The molecule has 0 aromatic heterocycles. The molecule has 2 N–H and O–H groups in total. The molecule has 3 aromatic carbocycles. The average molecular weight is 497 g/mol. The first-order chi connectivity index (χ1) is 17.9. The normalized spacial score (nSPS) is 20.3. The van der Waals surface area contributed by atoms with Crippen LogP contribution in [0, 0.1) is 11.8 Å². The predicted molar refractivity (Wildman–Crippen MR) is 143 cm³/mol. The Kier molecular flexibility index (Phi) is 6.48. The topological polar surface area (TPSA) is 106 Å². The van der Waals surface area contributed by atoms with Crippen LogP contribution >= 0.6 is 0 Å². The number of hydrogen-bond acceptors (Lipinski definition) is 6.